The number of aromatic nitrogens is 4. The average molecular weight is 778 g/mol. The van der Waals surface area contributed by atoms with Crippen LogP contribution in [0.5, 0.6) is 11.5 Å². The molecule has 0 spiro atoms. The highest BCUT2D eigenvalue weighted by Gasteiger charge is 2.38. The maximum atomic E-state index is 13.6. The summed E-state index contributed by atoms with van der Waals surface area (Å²) in [6.07, 6.45) is 7.96. The number of amides is 3. The van der Waals surface area contributed by atoms with E-state index >= 15 is 0 Å². The van der Waals surface area contributed by atoms with Crippen LogP contribution in [0.3, 0.4) is 0 Å². The highest BCUT2D eigenvalue weighted by molar-refractivity contribution is 6.02. The van der Waals surface area contributed by atoms with Crippen LogP contribution in [0.4, 0.5) is 17.2 Å². The molecule has 57 heavy (non-hydrogen) atoms. The van der Waals surface area contributed by atoms with E-state index in [0.717, 1.165) is 42.7 Å². The number of fused-ring (bicyclic) bond motifs is 1. The van der Waals surface area contributed by atoms with Gasteiger partial charge in [-0.05, 0) is 67.9 Å². The number of anilines is 3. The van der Waals surface area contributed by atoms with E-state index in [1.54, 1.807) is 47.6 Å². The standard InChI is InChI=1S/C40H43N9O8/c1-24(50)56-23-37(53)57-34-8-3-2-5-29(34)30-19-33(39(41)45-44-30)49-21-27(20-42-49)47-16-15-46(22-36(47)52)26-11-9-25(10-12-26)28-6-4-7-31-38(28)55-18-17-48(31)32-13-14-35(51)43-40(32)54/h2-8,19-21,25-26,32H,9-18,22-23H2,1H3,(H2,41,45)(H,43,51,54). The zero-order chi connectivity index (χ0) is 39.6. The summed E-state index contributed by atoms with van der Waals surface area (Å²) in [5.74, 6) is -0.404. The first-order chi connectivity index (χ1) is 27.6. The summed E-state index contributed by atoms with van der Waals surface area (Å²) >= 11 is 0. The smallest absolute Gasteiger partial charge is 0.349 e. The number of hydrogen-bond acceptors (Lipinski definition) is 14. The minimum atomic E-state index is -0.752. The van der Waals surface area contributed by atoms with Gasteiger partial charge in [-0.15, -0.1) is 10.2 Å². The van der Waals surface area contributed by atoms with E-state index in [-0.39, 0.29) is 35.3 Å². The number of nitrogen functional groups attached to an aromatic ring is 1. The van der Waals surface area contributed by atoms with Crippen LogP contribution in [0, 0.1) is 0 Å². The van der Waals surface area contributed by atoms with Crippen LogP contribution >= 0.6 is 0 Å². The monoisotopic (exact) mass is 777 g/mol. The molecule has 4 aliphatic rings. The number of imide groups is 1. The molecule has 3 aliphatic heterocycles. The SMILES string of the molecule is CC(=O)OCC(=O)Oc1ccccc1-c1cc(-n2cc(N3CCN(C4CCC(c5cccc6c5OCCN6C5CCC(=O)NC5=O)CC4)CC3=O)cn2)c(N)nn1. The van der Waals surface area contributed by atoms with Gasteiger partial charge in [-0.1, -0.05) is 24.3 Å². The van der Waals surface area contributed by atoms with E-state index in [4.69, 9.17) is 19.9 Å². The Hall–Kier alpha value is -6.36. The summed E-state index contributed by atoms with van der Waals surface area (Å²) in [4.78, 5) is 67.6. The largest absolute Gasteiger partial charge is 0.489 e. The summed E-state index contributed by atoms with van der Waals surface area (Å²) < 4.78 is 18.0. The van der Waals surface area contributed by atoms with Gasteiger partial charge in [-0.3, -0.25) is 29.4 Å². The van der Waals surface area contributed by atoms with Crippen LogP contribution in [0.15, 0.2) is 60.9 Å². The van der Waals surface area contributed by atoms with E-state index < -0.39 is 24.6 Å². The van der Waals surface area contributed by atoms with Crippen molar-refractivity contribution in [3.63, 3.8) is 0 Å². The van der Waals surface area contributed by atoms with Crippen molar-refractivity contribution in [2.75, 3.05) is 54.9 Å². The molecule has 2 saturated heterocycles. The van der Waals surface area contributed by atoms with Crippen molar-refractivity contribution in [1.82, 2.24) is 30.2 Å². The number of hydrogen-bond donors (Lipinski definition) is 2. The van der Waals surface area contributed by atoms with Crippen LogP contribution in [-0.4, -0.2) is 106 Å². The fourth-order valence-electron chi connectivity index (χ4n) is 8.32. The minimum Gasteiger partial charge on any atom is -0.489 e. The molecule has 17 nitrogen and oxygen atoms in total. The number of piperazine rings is 1. The Labute approximate surface area is 328 Å². The number of para-hydroxylation sites is 2. The average Bonchev–Trinajstić information content (AvgIpc) is 3.70. The lowest BCUT2D eigenvalue weighted by atomic mass is 9.80. The predicted octanol–water partition coefficient (Wildman–Crippen LogP) is 2.76. The summed E-state index contributed by atoms with van der Waals surface area (Å²) in [5, 5.41) is 15.3. The molecule has 1 atom stereocenters. The summed E-state index contributed by atoms with van der Waals surface area (Å²) in [6.45, 7) is 3.24. The number of esters is 2. The maximum Gasteiger partial charge on any atom is 0.349 e. The van der Waals surface area contributed by atoms with Gasteiger partial charge < -0.3 is 29.7 Å². The predicted molar refractivity (Wildman–Crippen MR) is 206 cm³/mol. The molecule has 4 aromatic rings. The van der Waals surface area contributed by atoms with E-state index in [2.05, 4.69) is 36.5 Å². The second-order valence-corrected chi connectivity index (χ2v) is 14.6. The van der Waals surface area contributed by atoms with E-state index in [1.165, 1.54) is 11.6 Å². The molecule has 3 fully saturated rings. The van der Waals surface area contributed by atoms with Crippen LogP contribution in [0.25, 0.3) is 16.9 Å². The number of ether oxygens (including phenoxy) is 3. The van der Waals surface area contributed by atoms with E-state index in [0.29, 0.717) is 74.2 Å². The number of carbonyl (C=O) groups excluding carboxylic acids is 5. The first kappa shape index (κ1) is 37.6. The second-order valence-electron chi connectivity index (χ2n) is 14.6. The Kier molecular flexibility index (Phi) is 10.6. The lowest BCUT2D eigenvalue weighted by Gasteiger charge is -2.42. The number of rotatable bonds is 9. The van der Waals surface area contributed by atoms with Crippen LogP contribution < -0.4 is 30.3 Å². The Morgan fingerprint density at radius 1 is 0.965 bits per heavy atom. The number of carbonyl (C=O) groups is 5. The molecule has 0 bridgehead atoms. The van der Waals surface area contributed by atoms with Crippen LogP contribution in [-0.2, 0) is 28.7 Å². The third-order valence-corrected chi connectivity index (χ3v) is 11.1. The first-order valence-electron chi connectivity index (χ1n) is 19.1. The molecule has 3 amide bonds. The third kappa shape index (κ3) is 7.87. The van der Waals surface area contributed by atoms with Gasteiger partial charge in [0.05, 0.1) is 42.6 Å². The fraction of sp³-hybridized carbons (Fsp3) is 0.400. The molecular weight excluding hydrogens is 734 g/mol. The van der Waals surface area contributed by atoms with Crippen molar-refractivity contribution in [3.05, 3.63) is 66.5 Å². The minimum absolute atomic E-state index is 0.0204. The first-order valence-corrected chi connectivity index (χ1v) is 19.1. The molecule has 8 rings (SSSR count). The Balaban J connectivity index is 0.896. The molecule has 2 aromatic carbocycles. The number of nitrogens with zero attached hydrogens (tertiary/aromatic N) is 7. The van der Waals surface area contributed by atoms with Crippen molar-refractivity contribution in [3.8, 4) is 28.4 Å². The number of piperidine rings is 1. The molecule has 3 N–H and O–H groups in total. The zero-order valence-corrected chi connectivity index (χ0v) is 31.5. The van der Waals surface area contributed by atoms with Crippen LogP contribution in [0.2, 0.25) is 0 Å². The lowest BCUT2D eigenvalue weighted by molar-refractivity contribution is -0.152. The molecule has 5 heterocycles. The summed E-state index contributed by atoms with van der Waals surface area (Å²) in [7, 11) is 0. The van der Waals surface area contributed by atoms with Gasteiger partial charge in [-0.2, -0.15) is 5.10 Å². The summed E-state index contributed by atoms with van der Waals surface area (Å²) in [6, 6.07) is 14.5. The van der Waals surface area contributed by atoms with Gasteiger partial charge in [0.1, 0.15) is 29.8 Å². The van der Waals surface area contributed by atoms with Gasteiger partial charge in [0.15, 0.2) is 12.4 Å². The fourth-order valence-corrected chi connectivity index (χ4v) is 8.32. The molecule has 0 radical (unpaired) electrons. The molecular formula is C40H43N9O8. The van der Waals surface area contributed by atoms with Gasteiger partial charge in [0.2, 0.25) is 17.7 Å². The highest BCUT2D eigenvalue weighted by atomic mass is 16.6. The van der Waals surface area contributed by atoms with Crippen molar-refractivity contribution >= 4 is 46.9 Å². The number of nitrogens with one attached hydrogen (secondary N) is 1. The van der Waals surface area contributed by atoms with Gasteiger partial charge >= 0.3 is 11.9 Å². The Bertz CT molecular complexity index is 2220. The lowest BCUT2D eigenvalue weighted by Crippen LogP contribution is -2.54. The normalized spacial score (nSPS) is 21.4. The quantitative estimate of drug-likeness (QED) is 0.143. The number of nitrogens with two attached hydrogens (primary N) is 1. The molecule has 1 saturated carbocycles. The third-order valence-electron chi connectivity index (χ3n) is 11.1. The van der Waals surface area contributed by atoms with Gasteiger partial charge in [-0.25, -0.2) is 9.48 Å². The van der Waals surface area contributed by atoms with Gasteiger partial charge in [0.25, 0.3) is 0 Å². The van der Waals surface area contributed by atoms with E-state index in [1.807, 2.05) is 12.1 Å². The van der Waals surface area contributed by atoms with E-state index in [9.17, 15) is 24.0 Å². The highest BCUT2D eigenvalue weighted by Crippen LogP contribution is 2.45. The van der Waals surface area contributed by atoms with Crippen molar-refractivity contribution < 1.29 is 38.2 Å². The zero-order valence-electron chi connectivity index (χ0n) is 31.5. The molecule has 1 aliphatic carbocycles. The van der Waals surface area contributed by atoms with Crippen LogP contribution in [0.1, 0.15) is 56.9 Å². The molecule has 296 valence electrons. The van der Waals surface area contributed by atoms with Crippen molar-refractivity contribution in [2.45, 2.75) is 63.5 Å². The maximum absolute atomic E-state index is 13.6. The summed E-state index contributed by atoms with van der Waals surface area (Å²) in [5.41, 5.74) is 10.2. The second kappa shape index (κ2) is 16.0. The molecule has 1 unspecified atom stereocenters. The molecule has 17 heteroatoms. The van der Waals surface area contributed by atoms with Crippen molar-refractivity contribution in [1.29, 1.82) is 0 Å². The van der Waals surface area contributed by atoms with Crippen molar-refractivity contribution in [2.24, 2.45) is 0 Å². The molecule has 2 aromatic heterocycles. The number of benzene rings is 2. The topological polar surface area (TPSA) is 204 Å². The van der Waals surface area contributed by atoms with Gasteiger partial charge in [0, 0.05) is 38.0 Å². The Morgan fingerprint density at radius 3 is 2.58 bits per heavy atom. The Morgan fingerprint density at radius 2 is 1.79 bits per heavy atom.